The first-order valence-corrected chi connectivity index (χ1v) is 7.25. The predicted octanol–water partition coefficient (Wildman–Crippen LogP) is 2.73. The Morgan fingerprint density at radius 3 is 2.78 bits per heavy atom. The number of ether oxygens (including phenoxy) is 1. The van der Waals surface area contributed by atoms with Gasteiger partial charge in [0.2, 0.25) is 0 Å². The third-order valence-corrected chi connectivity index (χ3v) is 3.81. The van der Waals surface area contributed by atoms with E-state index in [4.69, 9.17) is 9.57 Å². The zero-order chi connectivity index (χ0) is 13.1. The largest absolute Gasteiger partial charge is 0.350 e. The van der Waals surface area contributed by atoms with Gasteiger partial charge in [-0.25, -0.2) is 9.90 Å². The lowest BCUT2D eigenvalue weighted by atomic mass is 9.81. The summed E-state index contributed by atoms with van der Waals surface area (Å²) in [6, 6.07) is 0.241. The zero-order valence-corrected chi connectivity index (χ0v) is 11.7. The van der Waals surface area contributed by atoms with Gasteiger partial charge in [0.25, 0.3) is 5.91 Å². The normalized spacial score (nSPS) is 32.8. The van der Waals surface area contributed by atoms with Crippen molar-refractivity contribution >= 4 is 5.91 Å². The first-order chi connectivity index (χ1) is 8.63. The first kappa shape index (κ1) is 13.8. The zero-order valence-electron chi connectivity index (χ0n) is 11.7. The maximum atomic E-state index is 12.1. The van der Waals surface area contributed by atoms with E-state index in [0.717, 1.165) is 38.7 Å². The highest BCUT2D eigenvalue weighted by Crippen LogP contribution is 2.35. The van der Waals surface area contributed by atoms with Crippen molar-refractivity contribution in [3.63, 3.8) is 0 Å². The molecule has 2 aliphatic heterocycles. The Hall–Kier alpha value is -0.610. The average molecular weight is 255 g/mol. The van der Waals surface area contributed by atoms with Crippen LogP contribution in [0.2, 0.25) is 0 Å². The highest BCUT2D eigenvalue weighted by molar-refractivity contribution is 5.84. The summed E-state index contributed by atoms with van der Waals surface area (Å²) >= 11 is 0. The van der Waals surface area contributed by atoms with E-state index >= 15 is 0 Å². The van der Waals surface area contributed by atoms with Crippen LogP contribution in [-0.4, -0.2) is 29.9 Å². The Labute approximate surface area is 110 Å². The molecule has 2 heterocycles. The summed E-state index contributed by atoms with van der Waals surface area (Å²) in [6.45, 7) is 7.18. The van der Waals surface area contributed by atoms with Gasteiger partial charge in [0, 0.05) is 13.0 Å². The monoisotopic (exact) mass is 255 g/mol. The molecule has 0 aromatic rings. The van der Waals surface area contributed by atoms with Gasteiger partial charge in [0.15, 0.2) is 6.29 Å². The molecule has 0 radical (unpaired) electrons. The number of amides is 1. The standard InChI is InChI=1S/C14H25NO3/c1-4-12-11(9-10(2)3)14(16)15(12)18-13-7-5-6-8-17-13/h10-13H,4-9H2,1-3H3. The maximum absolute atomic E-state index is 12.1. The van der Waals surface area contributed by atoms with Crippen molar-refractivity contribution in [3.8, 4) is 0 Å². The van der Waals surface area contributed by atoms with Crippen LogP contribution < -0.4 is 0 Å². The number of β-lactam (4-membered cyclic amide) rings is 1. The van der Waals surface area contributed by atoms with Crippen LogP contribution in [0.4, 0.5) is 0 Å². The van der Waals surface area contributed by atoms with Gasteiger partial charge in [0.1, 0.15) is 0 Å². The van der Waals surface area contributed by atoms with Crippen LogP contribution in [-0.2, 0) is 14.4 Å². The lowest BCUT2D eigenvalue weighted by Crippen LogP contribution is -2.61. The second-order valence-electron chi connectivity index (χ2n) is 5.78. The molecule has 0 aliphatic carbocycles. The molecule has 4 heteroatoms. The van der Waals surface area contributed by atoms with Crippen LogP contribution in [0.25, 0.3) is 0 Å². The van der Waals surface area contributed by atoms with E-state index in [2.05, 4.69) is 20.8 Å². The molecule has 3 unspecified atom stereocenters. The van der Waals surface area contributed by atoms with Gasteiger partial charge < -0.3 is 4.74 Å². The molecule has 3 atom stereocenters. The van der Waals surface area contributed by atoms with E-state index in [1.165, 1.54) is 0 Å². The summed E-state index contributed by atoms with van der Waals surface area (Å²) in [5, 5.41) is 1.57. The Kier molecular flexibility index (Phi) is 4.62. The molecule has 4 nitrogen and oxygen atoms in total. The summed E-state index contributed by atoms with van der Waals surface area (Å²) in [6.07, 6.45) is 4.82. The van der Waals surface area contributed by atoms with Gasteiger partial charge in [-0.15, -0.1) is 0 Å². The number of hydrogen-bond donors (Lipinski definition) is 0. The molecule has 18 heavy (non-hydrogen) atoms. The summed E-state index contributed by atoms with van der Waals surface area (Å²) in [5.41, 5.74) is 0. The SMILES string of the molecule is CCC1C(CC(C)C)C(=O)N1OC1CCCCO1. The maximum Gasteiger partial charge on any atom is 0.251 e. The number of rotatable bonds is 5. The van der Waals surface area contributed by atoms with E-state index in [-0.39, 0.29) is 24.2 Å². The van der Waals surface area contributed by atoms with Crippen LogP contribution >= 0.6 is 0 Å². The van der Waals surface area contributed by atoms with Gasteiger partial charge in [0.05, 0.1) is 12.0 Å². The highest BCUT2D eigenvalue weighted by atomic mass is 16.8. The third kappa shape index (κ3) is 2.86. The number of carbonyl (C=O) groups is 1. The number of carbonyl (C=O) groups excluding carboxylic acids is 1. The van der Waals surface area contributed by atoms with Crippen molar-refractivity contribution in [2.75, 3.05) is 6.61 Å². The van der Waals surface area contributed by atoms with Crippen molar-refractivity contribution in [2.24, 2.45) is 11.8 Å². The molecule has 1 amide bonds. The molecule has 0 aromatic carbocycles. The van der Waals surface area contributed by atoms with Crippen molar-refractivity contribution in [3.05, 3.63) is 0 Å². The molecule has 0 spiro atoms. The fourth-order valence-electron chi connectivity index (χ4n) is 2.84. The van der Waals surface area contributed by atoms with Gasteiger partial charge >= 0.3 is 0 Å². The quantitative estimate of drug-likeness (QED) is 0.709. The Morgan fingerprint density at radius 2 is 2.22 bits per heavy atom. The van der Waals surface area contributed by atoms with Crippen LogP contribution in [0, 0.1) is 11.8 Å². The van der Waals surface area contributed by atoms with Crippen LogP contribution in [0.15, 0.2) is 0 Å². The molecule has 0 saturated carbocycles. The Bertz CT molecular complexity index is 287. The summed E-state index contributed by atoms with van der Waals surface area (Å²) < 4.78 is 5.53. The topological polar surface area (TPSA) is 38.8 Å². The van der Waals surface area contributed by atoms with Gasteiger partial charge in [-0.3, -0.25) is 4.79 Å². The minimum Gasteiger partial charge on any atom is -0.350 e. The van der Waals surface area contributed by atoms with E-state index in [0.29, 0.717) is 5.92 Å². The third-order valence-electron chi connectivity index (χ3n) is 3.81. The van der Waals surface area contributed by atoms with Crippen molar-refractivity contribution in [2.45, 2.75) is 65.2 Å². The molecule has 0 bridgehead atoms. The fourth-order valence-corrected chi connectivity index (χ4v) is 2.84. The molecule has 0 N–H and O–H groups in total. The molecular formula is C14H25NO3. The van der Waals surface area contributed by atoms with E-state index < -0.39 is 0 Å². The van der Waals surface area contributed by atoms with Crippen molar-refractivity contribution in [1.29, 1.82) is 0 Å². The summed E-state index contributed by atoms with van der Waals surface area (Å²) in [4.78, 5) is 17.8. The molecule has 2 fully saturated rings. The average Bonchev–Trinajstić information content (AvgIpc) is 2.37. The van der Waals surface area contributed by atoms with Crippen LogP contribution in [0.1, 0.15) is 52.9 Å². The number of hydrogen-bond acceptors (Lipinski definition) is 3. The minimum absolute atomic E-state index is 0.143. The first-order valence-electron chi connectivity index (χ1n) is 7.25. The van der Waals surface area contributed by atoms with Crippen molar-refractivity contribution < 1.29 is 14.4 Å². The van der Waals surface area contributed by atoms with Crippen molar-refractivity contribution in [1.82, 2.24) is 5.06 Å². The highest BCUT2D eigenvalue weighted by Gasteiger charge is 2.48. The lowest BCUT2D eigenvalue weighted by Gasteiger charge is -2.47. The van der Waals surface area contributed by atoms with Gasteiger partial charge in [-0.05, 0) is 31.6 Å². The van der Waals surface area contributed by atoms with E-state index in [9.17, 15) is 4.79 Å². The number of nitrogens with zero attached hydrogens (tertiary/aromatic N) is 1. The smallest absolute Gasteiger partial charge is 0.251 e. The van der Waals surface area contributed by atoms with E-state index in [1.807, 2.05) is 0 Å². The molecule has 2 aliphatic rings. The van der Waals surface area contributed by atoms with Crippen LogP contribution in [0.5, 0.6) is 0 Å². The Balaban J connectivity index is 1.87. The molecule has 104 valence electrons. The van der Waals surface area contributed by atoms with Gasteiger partial charge in [-0.2, -0.15) is 0 Å². The Morgan fingerprint density at radius 1 is 1.44 bits per heavy atom. The molecular weight excluding hydrogens is 230 g/mol. The predicted molar refractivity (Wildman–Crippen MR) is 68.5 cm³/mol. The molecule has 2 rings (SSSR count). The molecule has 0 aromatic heterocycles. The van der Waals surface area contributed by atoms with E-state index in [1.54, 1.807) is 5.06 Å². The van der Waals surface area contributed by atoms with Gasteiger partial charge in [-0.1, -0.05) is 20.8 Å². The molecule has 2 saturated heterocycles. The summed E-state index contributed by atoms with van der Waals surface area (Å²) in [7, 11) is 0. The number of hydroxylamine groups is 2. The van der Waals surface area contributed by atoms with Crippen LogP contribution in [0.3, 0.4) is 0 Å². The summed E-state index contributed by atoms with van der Waals surface area (Å²) in [5.74, 6) is 0.851. The second-order valence-corrected chi connectivity index (χ2v) is 5.78. The fraction of sp³-hybridized carbons (Fsp3) is 0.929. The minimum atomic E-state index is -0.211. The lowest BCUT2D eigenvalue weighted by molar-refractivity contribution is -0.319. The second kappa shape index (κ2) is 6.02.